The molecule has 0 saturated carbocycles. The summed E-state index contributed by atoms with van der Waals surface area (Å²) in [5.74, 6) is 0.586. The van der Waals surface area contributed by atoms with E-state index in [1.54, 1.807) is 7.11 Å². The van der Waals surface area contributed by atoms with Crippen molar-refractivity contribution in [3.8, 4) is 5.69 Å². The molecule has 0 fully saturated rings. The molecule has 0 spiro atoms. The van der Waals surface area contributed by atoms with Crippen LogP contribution in [0.2, 0.25) is 0 Å². The van der Waals surface area contributed by atoms with Crippen LogP contribution in [-0.2, 0) is 9.53 Å². The van der Waals surface area contributed by atoms with E-state index in [1.165, 1.54) is 23.1 Å². The first kappa shape index (κ1) is 21.3. The zero-order valence-electron chi connectivity index (χ0n) is 16.6. The molecule has 8 nitrogen and oxygen atoms in total. The number of methoxy groups -OCH3 is 1. The van der Waals surface area contributed by atoms with E-state index in [4.69, 9.17) is 4.74 Å². The maximum Gasteiger partial charge on any atom is 0.225 e. The Bertz CT molecular complexity index is 942. The van der Waals surface area contributed by atoms with E-state index < -0.39 is 0 Å². The largest absolute Gasteiger partial charge is 0.383 e. The Hall–Kier alpha value is -2.43. The molecule has 10 heteroatoms. The lowest BCUT2D eigenvalue weighted by atomic mass is 10.3. The van der Waals surface area contributed by atoms with Gasteiger partial charge in [0, 0.05) is 25.8 Å². The second-order valence-corrected chi connectivity index (χ2v) is 8.55. The summed E-state index contributed by atoms with van der Waals surface area (Å²) in [5.41, 5.74) is 3.44. The molecule has 29 heavy (non-hydrogen) atoms. The van der Waals surface area contributed by atoms with Gasteiger partial charge in [0.25, 0.3) is 0 Å². The first-order valence-electron chi connectivity index (χ1n) is 9.19. The minimum absolute atomic E-state index is 0.0423. The molecule has 0 aliphatic heterocycles. The summed E-state index contributed by atoms with van der Waals surface area (Å²) in [6.07, 6.45) is 0.381. The molecule has 3 aromatic rings. The molecular weight excluding hydrogens is 408 g/mol. The summed E-state index contributed by atoms with van der Waals surface area (Å²) in [4.78, 5) is 12.4. The Labute approximate surface area is 178 Å². The third-order valence-electron chi connectivity index (χ3n) is 4.10. The number of aromatic nitrogens is 4. The molecular formula is C19H24N6O2S2. The summed E-state index contributed by atoms with van der Waals surface area (Å²) in [6.45, 7) is 5.16. The quantitative estimate of drug-likeness (QED) is 0.374. The van der Waals surface area contributed by atoms with Crippen LogP contribution >= 0.6 is 23.1 Å². The van der Waals surface area contributed by atoms with Crippen molar-refractivity contribution in [3.05, 3.63) is 41.7 Å². The second kappa shape index (κ2) is 10.4. The Balaban J connectivity index is 1.51. The summed E-state index contributed by atoms with van der Waals surface area (Å²) in [7, 11) is 1.66. The highest BCUT2D eigenvalue weighted by molar-refractivity contribution is 8.01. The number of rotatable bonds is 10. The molecule has 1 amide bonds. The van der Waals surface area contributed by atoms with Crippen LogP contribution in [0.5, 0.6) is 0 Å². The fourth-order valence-electron chi connectivity index (χ4n) is 2.68. The van der Waals surface area contributed by atoms with Crippen molar-refractivity contribution in [2.24, 2.45) is 0 Å². The van der Waals surface area contributed by atoms with E-state index >= 15 is 0 Å². The number of hydrogen-bond donors (Lipinski definition) is 2. The van der Waals surface area contributed by atoms with E-state index in [1.807, 2.05) is 48.9 Å². The number of para-hydroxylation sites is 1. The van der Waals surface area contributed by atoms with Gasteiger partial charge < -0.3 is 15.4 Å². The van der Waals surface area contributed by atoms with Crippen molar-refractivity contribution in [2.45, 2.75) is 24.6 Å². The van der Waals surface area contributed by atoms with Crippen LogP contribution in [0.1, 0.15) is 17.8 Å². The molecule has 2 N–H and O–H groups in total. The van der Waals surface area contributed by atoms with E-state index in [-0.39, 0.29) is 5.91 Å². The van der Waals surface area contributed by atoms with Gasteiger partial charge in [-0.05, 0) is 26.0 Å². The van der Waals surface area contributed by atoms with Crippen LogP contribution in [0, 0.1) is 13.8 Å². The van der Waals surface area contributed by atoms with Gasteiger partial charge in [-0.25, -0.2) is 4.68 Å². The lowest BCUT2D eigenvalue weighted by Gasteiger charge is -2.07. The average Bonchev–Trinajstić information content (AvgIpc) is 3.28. The molecule has 2 heterocycles. The lowest BCUT2D eigenvalue weighted by Crippen LogP contribution is -2.13. The Morgan fingerprint density at radius 3 is 2.79 bits per heavy atom. The van der Waals surface area contributed by atoms with Crippen molar-refractivity contribution in [1.29, 1.82) is 0 Å². The molecule has 1 aromatic carbocycles. The minimum Gasteiger partial charge on any atom is -0.383 e. The highest BCUT2D eigenvalue weighted by Gasteiger charge is 2.15. The number of hydrogen-bond acceptors (Lipinski definition) is 8. The van der Waals surface area contributed by atoms with Gasteiger partial charge in [-0.2, -0.15) is 5.10 Å². The number of anilines is 2. The van der Waals surface area contributed by atoms with Crippen molar-refractivity contribution in [3.63, 3.8) is 0 Å². The lowest BCUT2D eigenvalue weighted by molar-refractivity contribution is -0.115. The van der Waals surface area contributed by atoms with Gasteiger partial charge in [-0.15, -0.1) is 10.2 Å². The van der Waals surface area contributed by atoms with Crippen LogP contribution in [0.15, 0.2) is 34.7 Å². The fraction of sp³-hybridized carbons (Fsp3) is 0.368. The average molecular weight is 433 g/mol. The number of benzene rings is 1. The third kappa shape index (κ3) is 5.78. The molecule has 0 atom stereocenters. The van der Waals surface area contributed by atoms with E-state index in [2.05, 4.69) is 25.9 Å². The van der Waals surface area contributed by atoms with E-state index in [0.717, 1.165) is 32.2 Å². The Morgan fingerprint density at radius 1 is 1.24 bits per heavy atom. The van der Waals surface area contributed by atoms with Crippen molar-refractivity contribution >= 4 is 39.8 Å². The number of aryl methyl sites for hydroxylation is 1. The zero-order valence-corrected chi connectivity index (χ0v) is 18.3. The Morgan fingerprint density at radius 2 is 2.03 bits per heavy atom. The standard InChI is InChI=1S/C19H24N6O2S2/c1-13-17(14(2)25(24-13)15-7-5-4-6-8-15)21-16(26)9-12-28-19-23-22-18(29-19)20-10-11-27-3/h4-8H,9-12H2,1-3H3,(H,20,22)(H,21,26). The smallest absolute Gasteiger partial charge is 0.225 e. The molecule has 2 aromatic heterocycles. The maximum absolute atomic E-state index is 12.4. The number of carbonyl (C=O) groups is 1. The number of ether oxygens (including phenoxy) is 1. The van der Waals surface area contributed by atoms with Gasteiger partial charge in [0.15, 0.2) is 4.34 Å². The number of amides is 1. The van der Waals surface area contributed by atoms with E-state index in [0.29, 0.717) is 25.3 Å². The molecule has 0 saturated heterocycles. The normalized spacial score (nSPS) is 10.9. The number of nitrogens with one attached hydrogen (secondary N) is 2. The predicted octanol–water partition coefficient (Wildman–Crippen LogP) is 3.52. The molecule has 3 rings (SSSR count). The van der Waals surface area contributed by atoms with Crippen LogP contribution in [-0.4, -0.2) is 51.9 Å². The summed E-state index contributed by atoms with van der Waals surface area (Å²) in [6, 6.07) is 9.87. The van der Waals surface area contributed by atoms with Crippen LogP contribution < -0.4 is 10.6 Å². The number of carbonyl (C=O) groups excluding carboxylic acids is 1. The van der Waals surface area contributed by atoms with Crippen LogP contribution in [0.4, 0.5) is 10.8 Å². The highest BCUT2D eigenvalue weighted by Crippen LogP contribution is 2.26. The number of thioether (sulfide) groups is 1. The summed E-state index contributed by atoms with van der Waals surface area (Å²) < 4.78 is 7.67. The molecule has 0 radical (unpaired) electrons. The molecule has 0 bridgehead atoms. The van der Waals surface area contributed by atoms with E-state index in [9.17, 15) is 4.79 Å². The van der Waals surface area contributed by atoms with Crippen LogP contribution in [0.25, 0.3) is 5.69 Å². The summed E-state index contributed by atoms with van der Waals surface area (Å²) >= 11 is 3.00. The Kier molecular flexibility index (Phi) is 7.62. The van der Waals surface area contributed by atoms with Gasteiger partial charge in [0.2, 0.25) is 11.0 Å². The van der Waals surface area contributed by atoms with Gasteiger partial charge >= 0.3 is 0 Å². The highest BCUT2D eigenvalue weighted by atomic mass is 32.2. The minimum atomic E-state index is -0.0423. The van der Waals surface area contributed by atoms with Crippen molar-refractivity contribution < 1.29 is 9.53 Å². The third-order valence-corrected chi connectivity index (χ3v) is 6.12. The van der Waals surface area contributed by atoms with Gasteiger partial charge in [0.05, 0.1) is 29.4 Å². The first-order chi connectivity index (χ1) is 14.1. The predicted molar refractivity (Wildman–Crippen MR) is 117 cm³/mol. The van der Waals surface area contributed by atoms with Gasteiger partial charge in [-0.1, -0.05) is 41.3 Å². The van der Waals surface area contributed by atoms with Gasteiger partial charge in [-0.3, -0.25) is 4.79 Å². The molecule has 154 valence electrons. The van der Waals surface area contributed by atoms with Crippen molar-refractivity contribution in [2.75, 3.05) is 36.6 Å². The van der Waals surface area contributed by atoms with Gasteiger partial charge in [0.1, 0.15) is 0 Å². The molecule has 0 aliphatic carbocycles. The SMILES string of the molecule is COCCNc1nnc(SCCC(=O)Nc2c(C)nn(-c3ccccc3)c2C)s1. The number of nitrogens with zero attached hydrogens (tertiary/aromatic N) is 4. The molecule has 0 unspecified atom stereocenters. The fourth-order valence-corrected chi connectivity index (χ4v) is 4.46. The zero-order chi connectivity index (χ0) is 20.6. The van der Waals surface area contributed by atoms with Crippen LogP contribution in [0.3, 0.4) is 0 Å². The molecule has 0 aliphatic rings. The topological polar surface area (TPSA) is 94.0 Å². The van der Waals surface area contributed by atoms with Crippen molar-refractivity contribution in [1.82, 2.24) is 20.0 Å². The second-order valence-electron chi connectivity index (χ2n) is 6.23. The maximum atomic E-state index is 12.4. The monoisotopic (exact) mass is 432 g/mol. The first-order valence-corrected chi connectivity index (χ1v) is 11.0. The summed E-state index contributed by atoms with van der Waals surface area (Å²) in [5, 5.41) is 19.7.